The third-order valence-corrected chi connectivity index (χ3v) is 4.62. The largest absolute Gasteiger partial charge is 0.497 e. The van der Waals surface area contributed by atoms with Crippen molar-refractivity contribution >= 4 is 17.0 Å². The van der Waals surface area contributed by atoms with Crippen LogP contribution in [0.2, 0.25) is 0 Å². The summed E-state index contributed by atoms with van der Waals surface area (Å²) in [5, 5.41) is 3.39. The van der Waals surface area contributed by atoms with Crippen LogP contribution >= 0.6 is 11.3 Å². The lowest BCUT2D eigenvalue weighted by molar-refractivity contribution is 0.415. The first-order valence-electron chi connectivity index (χ1n) is 7.28. The summed E-state index contributed by atoms with van der Waals surface area (Å²) in [6, 6.07) is 10.5. The number of benzene rings is 1. The van der Waals surface area contributed by atoms with Gasteiger partial charge in [-0.1, -0.05) is 13.0 Å². The summed E-state index contributed by atoms with van der Waals surface area (Å²) in [4.78, 5) is 5.07. The SMILES string of the molecule is CCNCc1cc(CN(C)c2cccc(OC)c2)c(C)s1. The number of methoxy groups -OCH3 is 1. The van der Waals surface area contributed by atoms with Crippen LogP contribution < -0.4 is 15.0 Å². The number of thiophene rings is 1. The fraction of sp³-hybridized carbons (Fsp3) is 0.412. The van der Waals surface area contributed by atoms with Crippen LogP contribution in [0.25, 0.3) is 0 Å². The molecule has 1 heterocycles. The van der Waals surface area contributed by atoms with Crippen LogP contribution in [0.4, 0.5) is 5.69 Å². The quantitative estimate of drug-likeness (QED) is 0.842. The van der Waals surface area contributed by atoms with Gasteiger partial charge in [-0.2, -0.15) is 0 Å². The van der Waals surface area contributed by atoms with E-state index in [2.05, 4.69) is 49.3 Å². The highest BCUT2D eigenvalue weighted by Gasteiger charge is 2.09. The van der Waals surface area contributed by atoms with E-state index in [9.17, 15) is 0 Å². The summed E-state index contributed by atoms with van der Waals surface area (Å²) in [6.07, 6.45) is 0. The van der Waals surface area contributed by atoms with E-state index in [-0.39, 0.29) is 0 Å². The zero-order valence-electron chi connectivity index (χ0n) is 13.3. The lowest BCUT2D eigenvalue weighted by Gasteiger charge is -2.19. The van der Waals surface area contributed by atoms with Gasteiger partial charge in [0.05, 0.1) is 7.11 Å². The molecule has 0 saturated heterocycles. The van der Waals surface area contributed by atoms with E-state index >= 15 is 0 Å². The van der Waals surface area contributed by atoms with E-state index < -0.39 is 0 Å². The average Bonchev–Trinajstić information content (AvgIpc) is 2.85. The molecule has 1 aromatic carbocycles. The van der Waals surface area contributed by atoms with Crippen LogP contribution in [0.3, 0.4) is 0 Å². The molecule has 0 bridgehead atoms. The van der Waals surface area contributed by atoms with E-state index in [1.54, 1.807) is 7.11 Å². The van der Waals surface area contributed by atoms with Crippen LogP contribution in [-0.4, -0.2) is 20.7 Å². The Bertz CT molecular complexity index is 580. The maximum atomic E-state index is 5.29. The van der Waals surface area contributed by atoms with Crippen molar-refractivity contribution in [2.24, 2.45) is 0 Å². The Morgan fingerprint density at radius 3 is 2.81 bits per heavy atom. The van der Waals surface area contributed by atoms with Gasteiger partial charge in [0.15, 0.2) is 0 Å². The molecule has 3 nitrogen and oxygen atoms in total. The van der Waals surface area contributed by atoms with Crippen molar-refractivity contribution in [3.63, 3.8) is 0 Å². The lowest BCUT2D eigenvalue weighted by Crippen LogP contribution is -2.16. The number of hydrogen-bond donors (Lipinski definition) is 1. The molecule has 21 heavy (non-hydrogen) atoms. The molecular formula is C17H24N2OS. The monoisotopic (exact) mass is 304 g/mol. The topological polar surface area (TPSA) is 24.5 Å². The first-order chi connectivity index (χ1) is 10.1. The van der Waals surface area contributed by atoms with Gasteiger partial charge in [0, 0.05) is 41.6 Å². The van der Waals surface area contributed by atoms with Gasteiger partial charge in [-0.25, -0.2) is 0 Å². The van der Waals surface area contributed by atoms with Crippen molar-refractivity contribution < 1.29 is 4.74 Å². The number of ether oxygens (including phenoxy) is 1. The molecule has 114 valence electrons. The highest BCUT2D eigenvalue weighted by Crippen LogP contribution is 2.26. The fourth-order valence-electron chi connectivity index (χ4n) is 2.27. The van der Waals surface area contributed by atoms with Gasteiger partial charge in [-0.05, 0) is 37.2 Å². The molecule has 0 aliphatic rings. The van der Waals surface area contributed by atoms with E-state index in [4.69, 9.17) is 4.74 Å². The predicted molar refractivity (Wildman–Crippen MR) is 91.5 cm³/mol. The summed E-state index contributed by atoms with van der Waals surface area (Å²) < 4.78 is 5.29. The fourth-order valence-corrected chi connectivity index (χ4v) is 3.30. The molecule has 0 radical (unpaired) electrons. The molecule has 2 rings (SSSR count). The maximum absolute atomic E-state index is 5.29. The molecule has 0 aliphatic heterocycles. The Morgan fingerprint density at radius 1 is 1.29 bits per heavy atom. The summed E-state index contributed by atoms with van der Waals surface area (Å²) in [5.41, 5.74) is 2.58. The Balaban J connectivity index is 2.07. The first-order valence-corrected chi connectivity index (χ1v) is 8.09. The minimum Gasteiger partial charge on any atom is -0.497 e. The molecule has 0 amide bonds. The summed E-state index contributed by atoms with van der Waals surface area (Å²) in [7, 11) is 3.82. The van der Waals surface area contributed by atoms with Gasteiger partial charge in [0.25, 0.3) is 0 Å². The first kappa shape index (κ1) is 15.9. The normalized spacial score (nSPS) is 10.7. The number of anilines is 1. The molecule has 1 N–H and O–H groups in total. The van der Waals surface area contributed by atoms with Gasteiger partial charge in [-0.3, -0.25) is 0 Å². The molecule has 2 aromatic rings. The maximum Gasteiger partial charge on any atom is 0.120 e. The smallest absolute Gasteiger partial charge is 0.120 e. The Kier molecular flexibility index (Phi) is 5.65. The molecule has 0 fully saturated rings. The summed E-state index contributed by atoms with van der Waals surface area (Å²) >= 11 is 1.89. The number of nitrogens with one attached hydrogen (secondary N) is 1. The lowest BCUT2D eigenvalue weighted by atomic mass is 10.2. The van der Waals surface area contributed by atoms with Gasteiger partial charge < -0.3 is 15.0 Å². The molecule has 4 heteroatoms. The molecule has 1 aromatic heterocycles. The predicted octanol–water partition coefficient (Wildman–Crippen LogP) is 3.81. The molecule has 0 atom stereocenters. The second-order valence-electron chi connectivity index (χ2n) is 5.13. The van der Waals surface area contributed by atoms with E-state index in [0.717, 1.165) is 25.4 Å². The van der Waals surface area contributed by atoms with E-state index in [1.165, 1.54) is 21.0 Å². The number of nitrogens with zero attached hydrogens (tertiary/aromatic N) is 1. The van der Waals surface area contributed by atoms with Crippen LogP contribution in [0.15, 0.2) is 30.3 Å². The molecule has 0 spiro atoms. The average molecular weight is 304 g/mol. The zero-order valence-corrected chi connectivity index (χ0v) is 14.1. The van der Waals surface area contributed by atoms with Crippen molar-refractivity contribution in [3.8, 4) is 5.75 Å². The van der Waals surface area contributed by atoms with E-state index in [0.29, 0.717) is 0 Å². The van der Waals surface area contributed by atoms with Crippen LogP contribution in [0.1, 0.15) is 22.2 Å². The van der Waals surface area contributed by atoms with Crippen molar-refractivity contribution in [1.29, 1.82) is 0 Å². The number of rotatable bonds is 7. The van der Waals surface area contributed by atoms with Crippen molar-refractivity contribution in [3.05, 3.63) is 45.6 Å². The standard InChI is InChI=1S/C17H24N2OS/c1-5-18-11-17-9-14(13(2)21-17)12-19(3)15-7-6-8-16(10-15)20-4/h6-10,18H,5,11-12H2,1-4H3. The second kappa shape index (κ2) is 7.48. The highest BCUT2D eigenvalue weighted by atomic mass is 32.1. The summed E-state index contributed by atoms with van der Waals surface area (Å²) in [6.45, 7) is 7.23. The van der Waals surface area contributed by atoms with Gasteiger partial charge in [0.2, 0.25) is 0 Å². The molecule has 0 saturated carbocycles. The van der Waals surface area contributed by atoms with Crippen molar-refractivity contribution in [1.82, 2.24) is 5.32 Å². The number of hydrogen-bond acceptors (Lipinski definition) is 4. The zero-order chi connectivity index (χ0) is 15.2. The molecule has 0 unspecified atom stereocenters. The Hall–Kier alpha value is -1.52. The van der Waals surface area contributed by atoms with Crippen molar-refractivity contribution in [2.45, 2.75) is 26.9 Å². The molecular weight excluding hydrogens is 280 g/mol. The van der Waals surface area contributed by atoms with E-state index in [1.807, 2.05) is 23.5 Å². The van der Waals surface area contributed by atoms with Gasteiger partial charge >= 0.3 is 0 Å². The minimum absolute atomic E-state index is 0.897. The van der Waals surface area contributed by atoms with Crippen molar-refractivity contribution in [2.75, 3.05) is 25.6 Å². The third kappa shape index (κ3) is 4.22. The highest BCUT2D eigenvalue weighted by molar-refractivity contribution is 7.12. The van der Waals surface area contributed by atoms with Crippen LogP contribution in [0.5, 0.6) is 5.75 Å². The number of aryl methyl sites for hydroxylation is 1. The van der Waals surface area contributed by atoms with Gasteiger partial charge in [0.1, 0.15) is 5.75 Å². The second-order valence-corrected chi connectivity index (χ2v) is 6.47. The van der Waals surface area contributed by atoms with Crippen LogP contribution in [-0.2, 0) is 13.1 Å². The molecule has 0 aliphatic carbocycles. The summed E-state index contributed by atoms with van der Waals surface area (Å²) in [5.74, 6) is 0.897. The third-order valence-electron chi connectivity index (χ3n) is 3.52. The van der Waals surface area contributed by atoms with Crippen LogP contribution in [0, 0.1) is 6.92 Å². The van der Waals surface area contributed by atoms with Gasteiger partial charge in [-0.15, -0.1) is 11.3 Å². The minimum atomic E-state index is 0.897. The Morgan fingerprint density at radius 2 is 2.10 bits per heavy atom. The Labute approximate surface area is 131 Å².